The van der Waals surface area contributed by atoms with Crippen molar-refractivity contribution in [2.24, 2.45) is 0 Å². The van der Waals surface area contributed by atoms with Crippen molar-refractivity contribution < 1.29 is 4.74 Å². The third-order valence-corrected chi connectivity index (χ3v) is 3.99. The summed E-state index contributed by atoms with van der Waals surface area (Å²) in [6, 6.07) is 2.28. The van der Waals surface area contributed by atoms with E-state index >= 15 is 0 Å². The molecule has 7 heteroatoms. The third kappa shape index (κ3) is 4.37. The molecule has 2 aromatic heterocycles. The lowest BCUT2D eigenvalue weighted by molar-refractivity contribution is 0.0875. The fourth-order valence-corrected chi connectivity index (χ4v) is 2.87. The Hall–Kier alpha value is -1.73. The largest absolute Gasteiger partial charge is 0.379 e. The highest BCUT2D eigenvalue weighted by Gasteiger charge is 2.14. The van der Waals surface area contributed by atoms with Crippen LogP contribution in [0.5, 0.6) is 0 Å². The van der Waals surface area contributed by atoms with Crippen molar-refractivity contribution in [1.82, 2.24) is 15.0 Å². The number of hydrogen-bond donors (Lipinski definition) is 2. The van der Waals surface area contributed by atoms with Crippen molar-refractivity contribution in [3.63, 3.8) is 0 Å². The topological polar surface area (TPSA) is 72.0 Å². The average Bonchev–Trinajstić information content (AvgIpc) is 3.02. The quantitative estimate of drug-likeness (QED) is 0.852. The van der Waals surface area contributed by atoms with Crippen molar-refractivity contribution >= 4 is 23.0 Å². The van der Waals surface area contributed by atoms with E-state index in [1.54, 1.807) is 17.7 Å². The molecule has 0 bridgehead atoms. The number of ether oxygens (including phenoxy) is 1. The molecule has 0 aromatic carbocycles. The summed E-state index contributed by atoms with van der Waals surface area (Å²) in [6.07, 6.45) is 4.70. The van der Waals surface area contributed by atoms with E-state index in [1.165, 1.54) is 0 Å². The van der Waals surface area contributed by atoms with Crippen LogP contribution in [0.4, 0.5) is 11.6 Å². The van der Waals surface area contributed by atoms with Crippen LogP contribution in [-0.4, -0.2) is 40.8 Å². The maximum absolute atomic E-state index is 5.46. The second-order valence-corrected chi connectivity index (χ2v) is 5.72. The number of nitrogens with zero attached hydrogens (tertiary/aromatic N) is 3. The van der Waals surface area contributed by atoms with Crippen molar-refractivity contribution in [3.8, 4) is 0 Å². The van der Waals surface area contributed by atoms with Gasteiger partial charge in [0.25, 0.3) is 0 Å². The third-order valence-electron chi connectivity index (χ3n) is 3.35. The molecule has 0 saturated carbocycles. The predicted molar refractivity (Wildman–Crippen MR) is 83.8 cm³/mol. The molecule has 1 aliphatic rings. The summed E-state index contributed by atoms with van der Waals surface area (Å²) in [7, 11) is 0. The fourth-order valence-electron chi connectivity index (χ4n) is 2.28. The lowest BCUT2D eigenvalue weighted by Crippen LogP contribution is -2.30. The standard InChI is InChI=1S/C14H19N5OS/c1-2-11(7-20-5-1)19-14-6-13(16-9-17-14)15-4-3-12-8-21-10-18-12/h6,8-11H,1-5,7H2,(H2,15,16,17,19). The molecule has 3 rings (SSSR count). The molecule has 3 heterocycles. The van der Waals surface area contributed by atoms with E-state index in [0.29, 0.717) is 6.04 Å². The Bertz CT molecular complexity index is 542. The van der Waals surface area contributed by atoms with E-state index in [0.717, 1.165) is 56.4 Å². The van der Waals surface area contributed by atoms with Crippen LogP contribution in [0, 0.1) is 0 Å². The predicted octanol–water partition coefficient (Wildman–Crippen LogP) is 2.18. The van der Waals surface area contributed by atoms with Gasteiger partial charge in [-0.2, -0.15) is 0 Å². The van der Waals surface area contributed by atoms with Crippen LogP contribution in [0.1, 0.15) is 18.5 Å². The summed E-state index contributed by atoms with van der Waals surface area (Å²) < 4.78 is 5.46. The van der Waals surface area contributed by atoms with Crippen LogP contribution in [-0.2, 0) is 11.2 Å². The molecule has 112 valence electrons. The highest BCUT2D eigenvalue weighted by Crippen LogP contribution is 2.14. The molecule has 0 amide bonds. The van der Waals surface area contributed by atoms with Gasteiger partial charge in [0.15, 0.2) is 0 Å². The number of thiazole rings is 1. The highest BCUT2D eigenvalue weighted by atomic mass is 32.1. The SMILES string of the molecule is c1nc(NCCc2cscn2)cc(NC2CCCOC2)n1. The molecular weight excluding hydrogens is 286 g/mol. The first-order valence-electron chi connectivity index (χ1n) is 7.17. The van der Waals surface area contributed by atoms with E-state index in [4.69, 9.17) is 4.74 Å². The summed E-state index contributed by atoms with van der Waals surface area (Å²) in [5.41, 5.74) is 2.97. The Kier molecular flexibility index (Phi) is 4.96. The van der Waals surface area contributed by atoms with Gasteiger partial charge in [-0.05, 0) is 12.8 Å². The Morgan fingerprint density at radius 3 is 3.05 bits per heavy atom. The number of hydrogen-bond acceptors (Lipinski definition) is 7. The minimum Gasteiger partial charge on any atom is -0.379 e. The zero-order chi connectivity index (χ0) is 14.3. The summed E-state index contributed by atoms with van der Waals surface area (Å²) in [5.74, 6) is 1.68. The summed E-state index contributed by atoms with van der Waals surface area (Å²) in [4.78, 5) is 12.8. The number of anilines is 2. The van der Waals surface area contributed by atoms with Gasteiger partial charge in [-0.25, -0.2) is 15.0 Å². The lowest BCUT2D eigenvalue weighted by Gasteiger charge is -2.23. The lowest BCUT2D eigenvalue weighted by atomic mass is 10.1. The fraction of sp³-hybridized carbons (Fsp3) is 0.500. The molecule has 6 nitrogen and oxygen atoms in total. The monoisotopic (exact) mass is 305 g/mol. The van der Waals surface area contributed by atoms with Crippen molar-refractivity contribution in [3.05, 3.63) is 29.0 Å². The normalized spacial score (nSPS) is 18.4. The number of rotatable bonds is 6. The van der Waals surface area contributed by atoms with Crippen LogP contribution in [0.15, 0.2) is 23.3 Å². The van der Waals surface area contributed by atoms with Crippen LogP contribution in [0.3, 0.4) is 0 Å². The van der Waals surface area contributed by atoms with Crippen molar-refractivity contribution in [1.29, 1.82) is 0 Å². The molecule has 0 spiro atoms. The molecular formula is C14H19N5OS. The van der Waals surface area contributed by atoms with Gasteiger partial charge in [0.2, 0.25) is 0 Å². The van der Waals surface area contributed by atoms with Gasteiger partial charge >= 0.3 is 0 Å². The Morgan fingerprint density at radius 1 is 1.29 bits per heavy atom. The highest BCUT2D eigenvalue weighted by molar-refractivity contribution is 7.07. The Balaban J connectivity index is 1.50. The average molecular weight is 305 g/mol. The van der Waals surface area contributed by atoms with Crippen molar-refractivity contribution in [2.75, 3.05) is 30.4 Å². The van der Waals surface area contributed by atoms with E-state index in [-0.39, 0.29) is 0 Å². The second-order valence-electron chi connectivity index (χ2n) is 5.00. The van der Waals surface area contributed by atoms with Gasteiger partial charge in [0, 0.05) is 31.0 Å². The summed E-state index contributed by atoms with van der Waals surface area (Å²) >= 11 is 1.62. The van der Waals surface area contributed by atoms with Gasteiger partial charge in [-0.1, -0.05) is 0 Å². The van der Waals surface area contributed by atoms with E-state index in [1.807, 2.05) is 11.6 Å². The summed E-state index contributed by atoms with van der Waals surface area (Å²) in [6.45, 7) is 2.43. The maximum Gasteiger partial charge on any atom is 0.131 e. The van der Waals surface area contributed by atoms with E-state index in [2.05, 4.69) is 31.0 Å². The van der Waals surface area contributed by atoms with E-state index in [9.17, 15) is 0 Å². The van der Waals surface area contributed by atoms with E-state index < -0.39 is 0 Å². The smallest absolute Gasteiger partial charge is 0.131 e. The Labute approximate surface area is 128 Å². The minimum atomic E-state index is 0.344. The van der Waals surface area contributed by atoms with Gasteiger partial charge < -0.3 is 15.4 Å². The molecule has 21 heavy (non-hydrogen) atoms. The van der Waals surface area contributed by atoms with Crippen LogP contribution < -0.4 is 10.6 Å². The molecule has 1 aliphatic heterocycles. The van der Waals surface area contributed by atoms with Crippen LogP contribution >= 0.6 is 11.3 Å². The molecule has 2 N–H and O–H groups in total. The molecule has 1 atom stereocenters. The second kappa shape index (κ2) is 7.33. The van der Waals surface area contributed by atoms with Gasteiger partial charge in [0.05, 0.1) is 23.9 Å². The molecule has 0 radical (unpaired) electrons. The molecule has 1 fully saturated rings. The van der Waals surface area contributed by atoms with Crippen molar-refractivity contribution in [2.45, 2.75) is 25.3 Å². The van der Waals surface area contributed by atoms with Crippen LogP contribution in [0.2, 0.25) is 0 Å². The zero-order valence-corrected chi connectivity index (χ0v) is 12.6. The van der Waals surface area contributed by atoms with Gasteiger partial charge in [-0.15, -0.1) is 11.3 Å². The first-order chi connectivity index (χ1) is 10.4. The maximum atomic E-state index is 5.46. The first kappa shape index (κ1) is 14.2. The molecule has 1 unspecified atom stereocenters. The van der Waals surface area contributed by atoms with Crippen LogP contribution in [0.25, 0.3) is 0 Å². The molecule has 2 aromatic rings. The van der Waals surface area contributed by atoms with Gasteiger partial charge in [0.1, 0.15) is 18.0 Å². The number of nitrogens with one attached hydrogen (secondary N) is 2. The molecule has 1 saturated heterocycles. The number of aromatic nitrogens is 3. The minimum absolute atomic E-state index is 0.344. The summed E-state index contributed by atoms with van der Waals surface area (Å²) in [5, 5.41) is 8.77. The zero-order valence-electron chi connectivity index (χ0n) is 11.8. The molecule has 0 aliphatic carbocycles. The first-order valence-corrected chi connectivity index (χ1v) is 8.12. The van der Waals surface area contributed by atoms with Gasteiger partial charge in [-0.3, -0.25) is 0 Å². The Morgan fingerprint density at radius 2 is 2.24 bits per heavy atom.